The van der Waals surface area contributed by atoms with Crippen LogP contribution in [0.2, 0.25) is 5.02 Å². The first-order valence-corrected chi connectivity index (χ1v) is 7.32. The molecular formula is C16H14ClFN4O. The van der Waals surface area contributed by atoms with Crippen LogP contribution >= 0.6 is 11.6 Å². The van der Waals surface area contributed by atoms with Crippen molar-refractivity contribution in [3.05, 3.63) is 52.4 Å². The first-order valence-electron chi connectivity index (χ1n) is 6.94. The van der Waals surface area contributed by atoms with Crippen LogP contribution in [-0.4, -0.2) is 35.7 Å². The van der Waals surface area contributed by atoms with Crippen molar-refractivity contribution < 1.29 is 9.18 Å². The lowest BCUT2D eigenvalue weighted by molar-refractivity contribution is 0.230. The molecule has 0 saturated carbocycles. The molecule has 1 aromatic carbocycles. The van der Waals surface area contributed by atoms with E-state index in [4.69, 9.17) is 11.6 Å². The largest absolute Gasteiger partial charge is 0.331 e. The minimum atomic E-state index is -0.398. The zero-order chi connectivity index (χ0) is 16.6. The number of nitrogens with one attached hydrogen (secondary N) is 1. The van der Waals surface area contributed by atoms with E-state index in [2.05, 4.69) is 15.3 Å². The van der Waals surface area contributed by atoms with Gasteiger partial charge >= 0.3 is 6.03 Å². The van der Waals surface area contributed by atoms with E-state index in [1.165, 1.54) is 23.2 Å². The fourth-order valence-electron chi connectivity index (χ4n) is 2.27. The van der Waals surface area contributed by atoms with E-state index < -0.39 is 5.82 Å². The Bertz CT molecular complexity index is 820. The lowest BCUT2D eigenvalue weighted by Crippen LogP contribution is -2.27. The number of carbonyl (C=O) groups excluding carboxylic acids is 1. The smallest absolute Gasteiger partial charge is 0.321 e. The Balaban J connectivity index is 1.91. The van der Waals surface area contributed by atoms with Crippen LogP contribution in [0.4, 0.5) is 20.7 Å². The van der Waals surface area contributed by atoms with Gasteiger partial charge in [0.15, 0.2) is 5.82 Å². The molecule has 0 spiro atoms. The molecule has 1 aliphatic rings. The van der Waals surface area contributed by atoms with Gasteiger partial charge in [0.2, 0.25) is 0 Å². The maximum absolute atomic E-state index is 14.2. The summed E-state index contributed by atoms with van der Waals surface area (Å²) in [5.41, 5.74) is 2.27. The van der Waals surface area contributed by atoms with Crippen molar-refractivity contribution in [2.24, 2.45) is 4.99 Å². The van der Waals surface area contributed by atoms with E-state index in [0.717, 1.165) is 5.56 Å². The second-order valence-electron chi connectivity index (χ2n) is 5.39. The fourth-order valence-corrected chi connectivity index (χ4v) is 2.45. The minimum Gasteiger partial charge on any atom is -0.331 e. The van der Waals surface area contributed by atoms with Crippen LogP contribution in [0.15, 0.2) is 35.5 Å². The van der Waals surface area contributed by atoms with E-state index in [0.29, 0.717) is 34.2 Å². The molecule has 0 saturated heterocycles. The van der Waals surface area contributed by atoms with Gasteiger partial charge in [-0.15, -0.1) is 0 Å². The maximum atomic E-state index is 14.2. The van der Waals surface area contributed by atoms with Crippen LogP contribution in [-0.2, 0) is 6.42 Å². The summed E-state index contributed by atoms with van der Waals surface area (Å²) in [6, 6.07) is 5.89. The molecule has 3 rings (SSSR count). The molecule has 23 heavy (non-hydrogen) atoms. The second-order valence-corrected chi connectivity index (χ2v) is 5.83. The highest BCUT2D eigenvalue weighted by atomic mass is 35.5. The summed E-state index contributed by atoms with van der Waals surface area (Å²) in [6.07, 6.45) is 1.96. The second kappa shape index (κ2) is 5.96. The Morgan fingerprint density at radius 2 is 2.13 bits per heavy atom. The average Bonchev–Trinajstić information content (AvgIpc) is 2.91. The number of nitrogens with zero attached hydrogens (tertiary/aromatic N) is 3. The van der Waals surface area contributed by atoms with Gasteiger partial charge in [-0.2, -0.15) is 0 Å². The number of pyridine rings is 1. The molecule has 0 fully saturated rings. The Morgan fingerprint density at radius 1 is 1.35 bits per heavy atom. The van der Waals surface area contributed by atoms with Crippen molar-refractivity contribution in [1.29, 1.82) is 0 Å². The normalized spacial score (nSPS) is 12.6. The van der Waals surface area contributed by atoms with Gasteiger partial charge in [-0.05, 0) is 24.3 Å². The number of carbonyl (C=O) groups is 1. The van der Waals surface area contributed by atoms with Crippen LogP contribution in [0.5, 0.6) is 0 Å². The lowest BCUT2D eigenvalue weighted by atomic mass is 10.0. The summed E-state index contributed by atoms with van der Waals surface area (Å²) in [6.45, 7) is 0. The average molecular weight is 333 g/mol. The molecule has 0 radical (unpaired) electrons. The topological polar surface area (TPSA) is 57.6 Å². The zero-order valence-corrected chi connectivity index (χ0v) is 13.4. The lowest BCUT2D eigenvalue weighted by Gasteiger charge is -2.13. The SMILES string of the molecule is CN(C)C(=O)Nc1ccc(F)c(C2=Nc3ncc(Cl)cc3C2)c1. The monoisotopic (exact) mass is 332 g/mol. The van der Waals surface area contributed by atoms with Gasteiger partial charge in [0.25, 0.3) is 0 Å². The first kappa shape index (κ1) is 15.4. The Morgan fingerprint density at radius 3 is 2.87 bits per heavy atom. The molecule has 1 aromatic heterocycles. The quantitative estimate of drug-likeness (QED) is 0.912. The van der Waals surface area contributed by atoms with Crippen LogP contribution in [0.3, 0.4) is 0 Å². The Kier molecular flexibility index (Phi) is 4.00. The van der Waals surface area contributed by atoms with Gasteiger partial charge < -0.3 is 10.2 Å². The highest BCUT2D eigenvalue weighted by molar-refractivity contribution is 6.30. The number of hydrogen-bond acceptors (Lipinski definition) is 3. The molecule has 5 nitrogen and oxygen atoms in total. The molecule has 1 aliphatic heterocycles. The van der Waals surface area contributed by atoms with Gasteiger partial charge in [0.05, 0.1) is 10.7 Å². The van der Waals surface area contributed by atoms with Crippen LogP contribution in [0.25, 0.3) is 0 Å². The molecule has 0 bridgehead atoms. The standard InChI is InChI=1S/C16H14ClFN4O/c1-22(2)16(23)20-11-3-4-13(18)12(7-11)14-6-9-5-10(17)8-19-15(9)21-14/h3-5,7-8H,6H2,1-2H3,(H,20,23). The number of benzene rings is 1. The number of aliphatic imine (C=N–C) groups is 1. The van der Waals surface area contributed by atoms with Gasteiger partial charge in [-0.3, -0.25) is 0 Å². The Hall–Kier alpha value is -2.47. The summed E-state index contributed by atoms with van der Waals surface area (Å²) in [4.78, 5) is 21.6. The van der Waals surface area contributed by atoms with Gasteiger partial charge in [0, 0.05) is 43.5 Å². The third-order valence-electron chi connectivity index (χ3n) is 3.44. The number of hydrogen-bond donors (Lipinski definition) is 1. The highest BCUT2D eigenvalue weighted by Crippen LogP contribution is 2.30. The predicted octanol–water partition coefficient (Wildman–Crippen LogP) is 3.64. The molecule has 2 heterocycles. The molecule has 2 amide bonds. The first-order chi connectivity index (χ1) is 10.9. The summed E-state index contributed by atoms with van der Waals surface area (Å²) in [5, 5.41) is 3.21. The minimum absolute atomic E-state index is 0.285. The molecule has 1 N–H and O–H groups in total. The molecule has 0 atom stereocenters. The summed E-state index contributed by atoms with van der Waals surface area (Å²) < 4.78 is 14.2. The zero-order valence-electron chi connectivity index (χ0n) is 12.6. The highest BCUT2D eigenvalue weighted by Gasteiger charge is 2.20. The van der Waals surface area contributed by atoms with E-state index in [1.807, 2.05) is 0 Å². The van der Waals surface area contributed by atoms with Crippen LogP contribution in [0.1, 0.15) is 11.1 Å². The van der Waals surface area contributed by atoms with E-state index in [-0.39, 0.29) is 6.03 Å². The van der Waals surface area contributed by atoms with Gasteiger partial charge in [0.1, 0.15) is 5.82 Å². The number of anilines is 1. The van der Waals surface area contributed by atoms with Crippen molar-refractivity contribution in [3.63, 3.8) is 0 Å². The number of aromatic nitrogens is 1. The fraction of sp³-hybridized carbons (Fsp3) is 0.188. The number of urea groups is 1. The van der Waals surface area contributed by atoms with Gasteiger partial charge in [-0.1, -0.05) is 11.6 Å². The molecular weight excluding hydrogens is 319 g/mol. The molecule has 0 unspecified atom stereocenters. The van der Waals surface area contributed by atoms with Crippen molar-refractivity contribution in [2.45, 2.75) is 6.42 Å². The molecule has 118 valence electrons. The summed E-state index contributed by atoms with van der Waals surface area (Å²) in [5.74, 6) is 0.150. The van der Waals surface area contributed by atoms with Crippen LogP contribution in [0, 0.1) is 5.82 Å². The molecule has 2 aromatic rings. The summed E-state index contributed by atoms with van der Waals surface area (Å²) >= 11 is 5.92. The Labute approximate surface area is 137 Å². The van der Waals surface area contributed by atoms with Crippen molar-refractivity contribution in [3.8, 4) is 0 Å². The summed E-state index contributed by atoms with van der Waals surface area (Å²) in [7, 11) is 3.26. The van der Waals surface area contributed by atoms with Crippen LogP contribution < -0.4 is 5.32 Å². The maximum Gasteiger partial charge on any atom is 0.321 e. The van der Waals surface area contributed by atoms with Crippen molar-refractivity contribution in [2.75, 3.05) is 19.4 Å². The van der Waals surface area contributed by atoms with Gasteiger partial charge in [-0.25, -0.2) is 19.2 Å². The number of rotatable bonds is 2. The van der Waals surface area contributed by atoms with E-state index in [9.17, 15) is 9.18 Å². The predicted molar refractivity (Wildman–Crippen MR) is 88.3 cm³/mol. The number of fused-ring (bicyclic) bond motifs is 1. The third kappa shape index (κ3) is 3.17. The van der Waals surface area contributed by atoms with Crippen molar-refractivity contribution >= 4 is 34.8 Å². The van der Waals surface area contributed by atoms with Crippen molar-refractivity contribution in [1.82, 2.24) is 9.88 Å². The number of halogens is 2. The van der Waals surface area contributed by atoms with E-state index in [1.54, 1.807) is 26.2 Å². The molecule has 0 aliphatic carbocycles. The third-order valence-corrected chi connectivity index (χ3v) is 3.65. The number of amides is 2. The van der Waals surface area contributed by atoms with E-state index >= 15 is 0 Å². The molecule has 7 heteroatoms.